The van der Waals surface area contributed by atoms with Gasteiger partial charge in [0.2, 0.25) is 0 Å². The zero-order valence-electron chi connectivity index (χ0n) is 17.6. The van der Waals surface area contributed by atoms with Crippen molar-refractivity contribution in [2.45, 2.75) is 39.0 Å². The summed E-state index contributed by atoms with van der Waals surface area (Å²) in [6.45, 7) is 5.65. The average Bonchev–Trinajstić information content (AvgIpc) is 3.28. The van der Waals surface area contributed by atoms with Gasteiger partial charge in [0.05, 0.1) is 18.9 Å². The van der Waals surface area contributed by atoms with Gasteiger partial charge in [-0.15, -0.1) is 24.0 Å². The van der Waals surface area contributed by atoms with E-state index in [9.17, 15) is 4.79 Å². The van der Waals surface area contributed by atoms with Gasteiger partial charge in [0.1, 0.15) is 5.76 Å². The summed E-state index contributed by atoms with van der Waals surface area (Å²) in [4.78, 5) is 19.1. The molecule has 0 atom stereocenters. The van der Waals surface area contributed by atoms with Gasteiger partial charge in [-0.1, -0.05) is 12.1 Å². The van der Waals surface area contributed by atoms with Crippen molar-refractivity contribution >= 4 is 35.8 Å². The summed E-state index contributed by atoms with van der Waals surface area (Å²) in [5.41, 5.74) is 1.66. The van der Waals surface area contributed by atoms with Gasteiger partial charge >= 0.3 is 0 Å². The van der Waals surface area contributed by atoms with Crippen molar-refractivity contribution in [2.75, 3.05) is 26.7 Å². The second kappa shape index (κ2) is 12.6. The largest absolute Gasteiger partial charge is 0.467 e. The lowest BCUT2D eigenvalue weighted by Gasteiger charge is -2.34. The van der Waals surface area contributed by atoms with E-state index in [1.807, 2.05) is 37.3 Å². The fourth-order valence-electron chi connectivity index (χ4n) is 3.49. The summed E-state index contributed by atoms with van der Waals surface area (Å²) in [7, 11) is 1.80. The monoisotopic (exact) mass is 526 g/mol. The van der Waals surface area contributed by atoms with Crippen molar-refractivity contribution in [1.29, 1.82) is 0 Å². The molecule has 3 rings (SSSR count). The maximum atomic E-state index is 12.4. The van der Waals surface area contributed by atoms with Gasteiger partial charge in [-0.25, -0.2) is 0 Å². The van der Waals surface area contributed by atoms with E-state index in [1.165, 1.54) is 0 Å². The van der Waals surface area contributed by atoms with Crippen LogP contribution in [0.25, 0.3) is 0 Å². The molecule has 0 radical (unpaired) electrons. The Kier molecular flexibility index (Phi) is 10.2. The van der Waals surface area contributed by atoms with Gasteiger partial charge in [0.25, 0.3) is 5.91 Å². The van der Waals surface area contributed by atoms with E-state index >= 15 is 0 Å². The normalized spacial score (nSPS) is 14.9. The van der Waals surface area contributed by atoms with Crippen LogP contribution in [0.4, 0.5) is 0 Å². The molecule has 1 aromatic carbocycles. The predicted molar refractivity (Wildman–Crippen MR) is 128 cm³/mol. The first-order valence-electron chi connectivity index (χ1n) is 10.2. The number of hydrogen-bond donors (Lipinski definition) is 2. The molecule has 1 amide bonds. The average molecular weight is 526 g/mol. The molecular formula is C22H31IN4O3. The number of halogens is 1. The third kappa shape index (κ3) is 7.02. The molecule has 30 heavy (non-hydrogen) atoms. The van der Waals surface area contributed by atoms with Crippen LogP contribution in [0.3, 0.4) is 0 Å². The Hall–Kier alpha value is -2.07. The zero-order chi connectivity index (χ0) is 20.5. The molecule has 2 heterocycles. The molecule has 1 fully saturated rings. The minimum atomic E-state index is -0.120. The number of benzene rings is 1. The number of hydrogen-bond acceptors (Lipinski definition) is 4. The number of nitrogens with one attached hydrogen (secondary N) is 2. The van der Waals surface area contributed by atoms with Crippen LogP contribution in [-0.2, 0) is 17.8 Å². The molecule has 1 aliphatic heterocycles. The molecule has 0 saturated carbocycles. The molecule has 0 spiro atoms. The van der Waals surface area contributed by atoms with Crippen molar-refractivity contribution in [3.05, 3.63) is 59.5 Å². The highest BCUT2D eigenvalue weighted by Crippen LogP contribution is 2.14. The van der Waals surface area contributed by atoms with Crippen LogP contribution in [0.2, 0.25) is 0 Å². The Labute approximate surface area is 195 Å². The van der Waals surface area contributed by atoms with E-state index < -0.39 is 0 Å². The minimum Gasteiger partial charge on any atom is -0.467 e. The maximum absolute atomic E-state index is 12.4. The number of piperidine rings is 1. The smallest absolute Gasteiger partial charge is 0.251 e. The van der Waals surface area contributed by atoms with Crippen molar-refractivity contribution in [3.63, 3.8) is 0 Å². The van der Waals surface area contributed by atoms with E-state index in [0.717, 1.165) is 49.8 Å². The first-order chi connectivity index (χ1) is 14.2. The minimum absolute atomic E-state index is 0. The number of guanidine groups is 1. The Morgan fingerprint density at radius 1 is 1.20 bits per heavy atom. The Morgan fingerprint density at radius 2 is 2.00 bits per heavy atom. The van der Waals surface area contributed by atoms with Crippen molar-refractivity contribution in [1.82, 2.24) is 15.5 Å². The van der Waals surface area contributed by atoms with Crippen LogP contribution in [0, 0.1) is 0 Å². The van der Waals surface area contributed by atoms with E-state index in [4.69, 9.17) is 9.15 Å². The molecule has 1 saturated heterocycles. The van der Waals surface area contributed by atoms with Crippen molar-refractivity contribution in [3.8, 4) is 0 Å². The topological polar surface area (TPSA) is 79.1 Å². The number of likely N-dealkylation sites (tertiary alicyclic amines) is 1. The summed E-state index contributed by atoms with van der Waals surface area (Å²) >= 11 is 0. The molecule has 1 aliphatic rings. The van der Waals surface area contributed by atoms with E-state index in [1.54, 1.807) is 19.4 Å². The number of amides is 1. The second-order valence-corrected chi connectivity index (χ2v) is 7.00. The van der Waals surface area contributed by atoms with Crippen LogP contribution in [0.1, 0.15) is 41.4 Å². The molecule has 0 bridgehead atoms. The van der Waals surface area contributed by atoms with Crippen molar-refractivity contribution < 1.29 is 13.9 Å². The Balaban J connectivity index is 0.00000320. The van der Waals surface area contributed by atoms with Gasteiger partial charge in [0.15, 0.2) is 5.96 Å². The second-order valence-electron chi connectivity index (χ2n) is 7.00. The van der Waals surface area contributed by atoms with Gasteiger partial charge < -0.3 is 24.7 Å². The van der Waals surface area contributed by atoms with Crippen LogP contribution in [0.5, 0.6) is 0 Å². The summed E-state index contributed by atoms with van der Waals surface area (Å²) in [5, 5.41) is 6.29. The number of nitrogens with zero attached hydrogens (tertiary/aromatic N) is 2. The maximum Gasteiger partial charge on any atom is 0.251 e. The summed E-state index contributed by atoms with van der Waals surface area (Å²) in [6.07, 6.45) is 3.98. The highest BCUT2D eigenvalue weighted by atomic mass is 127. The fourth-order valence-corrected chi connectivity index (χ4v) is 3.49. The number of furan rings is 1. The SMILES string of the molecule is CCOC1CCN(C(=NC)NCc2cccc(C(=O)NCc3ccco3)c2)CC1.I. The standard InChI is InChI=1S/C22H30N4O3.HI/c1-3-28-19-9-11-26(12-10-19)22(23-2)25-15-17-6-4-7-18(14-17)21(27)24-16-20-8-5-13-29-20;/h4-8,13-14,19H,3,9-12,15-16H2,1-2H3,(H,23,25)(H,24,27);1H. The third-order valence-corrected chi connectivity index (χ3v) is 5.00. The molecule has 0 unspecified atom stereocenters. The lowest BCUT2D eigenvalue weighted by molar-refractivity contribution is 0.0263. The molecule has 1 aromatic heterocycles. The van der Waals surface area contributed by atoms with Crippen LogP contribution < -0.4 is 10.6 Å². The third-order valence-electron chi connectivity index (χ3n) is 5.00. The summed E-state index contributed by atoms with van der Waals surface area (Å²) < 4.78 is 11.0. The Morgan fingerprint density at radius 3 is 2.67 bits per heavy atom. The molecule has 8 heteroatoms. The molecule has 0 aliphatic carbocycles. The first-order valence-corrected chi connectivity index (χ1v) is 10.2. The van der Waals surface area contributed by atoms with Gasteiger partial charge in [-0.3, -0.25) is 9.79 Å². The van der Waals surface area contributed by atoms with Gasteiger partial charge in [-0.05, 0) is 49.6 Å². The number of ether oxygens (including phenoxy) is 1. The highest BCUT2D eigenvalue weighted by molar-refractivity contribution is 14.0. The molecule has 2 aromatic rings. The van der Waals surface area contributed by atoms with Gasteiger partial charge in [0, 0.05) is 38.9 Å². The molecule has 7 nitrogen and oxygen atoms in total. The van der Waals surface area contributed by atoms with Crippen LogP contribution in [-0.4, -0.2) is 49.6 Å². The number of rotatable bonds is 7. The zero-order valence-corrected chi connectivity index (χ0v) is 19.9. The summed E-state index contributed by atoms with van der Waals surface area (Å²) in [6, 6.07) is 11.3. The van der Waals surface area contributed by atoms with Crippen molar-refractivity contribution in [2.24, 2.45) is 4.99 Å². The number of carbonyl (C=O) groups excluding carboxylic acids is 1. The van der Waals surface area contributed by atoms with Crippen LogP contribution >= 0.6 is 24.0 Å². The molecular weight excluding hydrogens is 495 g/mol. The quantitative estimate of drug-likeness (QED) is 0.329. The molecule has 164 valence electrons. The fraction of sp³-hybridized carbons (Fsp3) is 0.455. The van der Waals surface area contributed by atoms with E-state index in [0.29, 0.717) is 24.8 Å². The molecule has 2 N–H and O–H groups in total. The van der Waals surface area contributed by atoms with E-state index in [2.05, 4.69) is 20.5 Å². The van der Waals surface area contributed by atoms with Crippen LogP contribution in [0.15, 0.2) is 52.1 Å². The summed E-state index contributed by atoms with van der Waals surface area (Å²) in [5.74, 6) is 1.49. The predicted octanol–water partition coefficient (Wildman–Crippen LogP) is 3.40. The Bertz CT molecular complexity index is 802. The number of aliphatic imine (C=N–C) groups is 1. The van der Waals surface area contributed by atoms with Gasteiger partial charge in [-0.2, -0.15) is 0 Å². The highest BCUT2D eigenvalue weighted by Gasteiger charge is 2.21. The lowest BCUT2D eigenvalue weighted by atomic mass is 10.1. The number of carbonyl (C=O) groups is 1. The first kappa shape index (κ1) is 24.2. The lowest BCUT2D eigenvalue weighted by Crippen LogP contribution is -2.46. The van der Waals surface area contributed by atoms with E-state index in [-0.39, 0.29) is 29.9 Å².